The van der Waals surface area contributed by atoms with Crippen LogP contribution in [0.3, 0.4) is 0 Å². The third-order valence-electron chi connectivity index (χ3n) is 2.60. The highest BCUT2D eigenvalue weighted by molar-refractivity contribution is 8.00. The highest BCUT2D eigenvalue weighted by Gasteiger charge is 2.25. The fourth-order valence-corrected chi connectivity index (χ4v) is 3.09. The van der Waals surface area contributed by atoms with Crippen LogP contribution in [0.5, 0.6) is 0 Å². The molecule has 2 aromatic carbocycles. The van der Waals surface area contributed by atoms with Crippen molar-refractivity contribution >= 4 is 40.4 Å². The monoisotopic (exact) mass is 278 g/mol. The van der Waals surface area contributed by atoms with Crippen LogP contribution in [0.15, 0.2) is 46.2 Å². The average molecular weight is 279 g/mol. The Morgan fingerprint density at radius 3 is 2.78 bits per heavy atom. The van der Waals surface area contributed by atoms with Crippen molar-refractivity contribution in [3.63, 3.8) is 0 Å². The van der Waals surface area contributed by atoms with Crippen LogP contribution in [0.2, 0.25) is 5.02 Å². The Hall–Kier alpha value is -1.72. The molecule has 6 heteroatoms. The zero-order chi connectivity index (χ0) is 12.7. The Kier molecular flexibility index (Phi) is 2.65. The third kappa shape index (κ3) is 1.81. The summed E-state index contributed by atoms with van der Waals surface area (Å²) in [6.07, 6.45) is 0. The molecule has 0 spiro atoms. The molecule has 0 saturated heterocycles. The molecule has 18 heavy (non-hydrogen) atoms. The summed E-state index contributed by atoms with van der Waals surface area (Å²) in [6, 6.07) is 10.7. The van der Waals surface area contributed by atoms with Crippen molar-refractivity contribution in [2.75, 3.05) is 5.32 Å². The highest BCUT2D eigenvalue weighted by atomic mass is 35.5. The van der Waals surface area contributed by atoms with Crippen molar-refractivity contribution < 1.29 is 4.92 Å². The fraction of sp³-hybridized carbons (Fsp3) is 0. The lowest BCUT2D eigenvalue weighted by Crippen LogP contribution is -2.02. The largest absolute Gasteiger partial charge is 0.353 e. The van der Waals surface area contributed by atoms with Crippen molar-refractivity contribution in [2.45, 2.75) is 9.79 Å². The van der Waals surface area contributed by atoms with E-state index in [2.05, 4.69) is 5.32 Å². The molecule has 1 heterocycles. The van der Waals surface area contributed by atoms with E-state index in [1.807, 2.05) is 24.3 Å². The SMILES string of the molecule is O=[N+]([O-])c1cc(Cl)cc2c1Sc1ccccc1N2. The molecule has 0 saturated carbocycles. The predicted molar refractivity (Wildman–Crippen MR) is 72.0 cm³/mol. The Balaban J connectivity index is 2.18. The number of nitrogens with zero attached hydrogens (tertiary/aromatic N) is 1. The molecule has 0 amide bonds. The van der Waals surface area contributed by atoms with E-state index in [1.54, 1.807) is 6.07 Å². The molecule has 0 unspecified atom stereocenters. The molecule has 1 N–H and O–H groups in total. The summed E-state index contributed by atoms with van der Waals surface area (Å²) in [6.45, 7) is 0. The molecule has 0 atom stereocenters. The molecule has 90 valence electrons. The number of hydrogen-bond acceptors (Lipinski definition) is 4. The molecule has 0 aromatic heterocycles. The molecule has 1 aliphatic heterocycles. The van der Waals surface area contributed by atoms with Crippen LogP contribution >= 0.6 is 23.4 Å². The Labute approximate surface area is 112 Å². The molecule has 2 aromatic rings. The zero-order valence-electron chi connectivity index (χ0n) is 9.01. The van der Waals surface area contributed by atoms with Gasteiger partial charge in [0.15, 0.2) is 0 Å². The van der Waals surface area contributed by atoms with Gasteiger partial charge in [0.05, 0.1) is 16.3 Å². The Morgan fingerprint density at radius 1 is 1.22 bits per heavy atom. The van der Waals surface area contributed by atoms with Crippen LogP contribution < -0.4 is 5.32 Å². The molecule has 0 radical (unpaired) electrons. The van der Waals surface area contributed by atoms with Gasteiger partial charge in [-0.25, -0.2) is 0 Å². The number of anilines is 2. The van der Waals surface area contributed by atoms with Gasteiger partial charge in [0.1, 0.15) is 4.90 Å². The first kappa shape index (κ1) is 11.4. The minimum absolute atomic E-state index is 0.0319. The molecule has 1 aliphatic rings. The van der Waals surface area contributed by atoms with Gasteiger partial charge in [0.2, 0.25) is 0 Å². The van der Waals surface area contributed by atoms with Gasteiger partial charge in [-0.1, -0.05) is 35.5 Å². The summed E-state index contributed by atoms with van der Waals surface area (Å²) in [7, 11) is 0. The minimum atomic E-state index is -0.409. The van der Waals surface area contributed by atoms with Crippen LogP contribution in [0.4, 0.5) is 17.1 Å². The van der Waals surface area contributed by atoms with Gasteiger partial charge in [0.25, 0.3) is 5.69 Å². The number of para-hydroxylation sites is 1. The summed E-state index contributed by atoms with van der Waals surface area (Å²) in [4.78, 5) is 12.2. The van der Waals surface area contributed by atoms with Crippen molar-refractivity contribution in [3.8, 4) is 0 Å². The van der Waals surface area contributed by atoms with E-state index in [1.165, 1.54) is 17.8 Å². The highest BCUT2D eigenvalue weighted by Crippen LogP contribution is 2.49. The number of fused-ring (bicyclic) bond motifs is 2. The number of rotatable bonds is 1. The maximum Gasteiger partial charge on any atom is 0.286 e. The standard InChI is InChI=1S/C12H7ClN2O2S/c13-7-5-9-12(10(6-7)15(16)17)18-11-4-2-1-3-8(11)14-9/h1-6,14H. The lowest BCUT2D eigenvalue weighted by molar-refractivity contribution is -0.387. The smallest absolute Gasteiger partial charge is 0.286 e. The topological polar surface area (TPSA) is 55.2 Å². The summed E-state index contributed by atoms with van der Waals surface area (Å²) in [5.41, 5.74) is 1.65. The second-order valence-corrected chi connectivity index (χ2v) is 5.27. The summed E-state index contributed by atoms with van der Waals surface area (Å²) in [5.74, 6) is 0. The molecule has 4 nitrogen and oxygen atoms in total. The van der Waals surface area contributed by atoms with Crippen LogP contribution in [-0.2, 0) is 0 Å². The summed E-state index contributed by atoms with van der Waals surface area (Å²) < 4.78 is 0. The summed E-state index contributed by atoms with van der Waals surface area (Å²) in [5, 5.41) is 14.6. The molecule has 0 bridgehead atoms. The molecular formula is C12H7ClN2O2S. The van der Waals surface area contributed by atoms with Crippen LogP contribution in [0.1, 0.15) is 0 Å². The van der Waals surface area contributed by atoms with Gasteiger partial charge >= 0.3 is 0 Å². The summed E-state index contributed by atoms with van der Waals surface area (Å²) >= 11 is 7.28. The molecule has 0 fully saturated rings. The lowest BCUT2D eigenvalue weighted by atomic mass is 10.2. The van der Waals surface area contributed by atoms with Crippen LogP contribution in [0, 0.1) is 10.1 Å². The van der Waals surface area contributed by atoms with Crippen LogP contribution in [-0.4, -0.2) is 4.92 Å². The van der Waals surface area contributed by atoms with Gasteiger partial charge in [-0.3, -0.25) is 10.1 Å². The van der Waals surface area contributed by atoms with Crippen molar-refractivity contribution in [3.05, 3.63) is 51.5 Å². The van der Waals surface area contributed by atoms with E-state index in [0.29, 0.717) is 15.6 Å². The number of nitro benzene ring substituents is 1. The van der Waals surface area contributed by atoms with E-state index < -0.39 is 4.92 Å². The van der Waals surface area contributed by atoms with E-state index in [9.17, 15) is 10.1 Å². The Bertz CT molecular complexity index is 661. The van der Waals surface area contributed by atoms with E-state index in [4.69, 9.17) is 11.6 Å². The van der Waals surface area contributed by atoms with Crippen molar-refractivity contribution in [2.24, 2.45) is 0 Å². The normalized spacial score (nSPS) is 12.3. The zero-order valence-corrected chi connectivity index (χ0v) is 10.6. The molecule has 3 rings (SSSR count). The number of hydrogen-bond donors (Lipinski definition) is 1. The number of halogens is 1. The van der Waals surface area contributed by atoms with Gasteiger partial charge in [0, 0.05) is 16.0 Å². The first-order chi connectivity index (χ1) is 8.65. The van der Waals surface area contributed by atoms with Gasteiger partial charge in [-0.05, 0) is 18.2 Å². The second kappa shape index (κ2) is 4.19. The van der Waals surface area contributed by atoms with Crippen molar-refractivity contribution in [1.82, 2.24) is 0 Å². The van der Waals surface area contributed by atoms with Gasteiger partial charge in [-0.2, -0.15) is 0 Å². The molecular weight excluding hydrogens is 272 g/mol. The van der Waals surface area contributed by atoms with E-state index >= 15 is 0 Å². The average Bonchev–Trinajstić information content (AvgIpc) is 2.35. The van der Waals surface area contributed by atoms with E-state index in [-0.39, 0.29) is 5.69 Å². The number of nitro groups is 1. The first-order valence-corrected chi connectivity index (χ1v) is 6.36. The van der Waals surface area contributed by atoms with Gasteiger partial charge in [-0.15, -0.1) is 0 Å². The quantitative estimate of drug-likeness (QED) is 0.527. The number of benzene rings is 2. The van der Waals surface area contributed by atoms with Crippen LogP contribution in [0.25, 0.3) is 0 Å². The predicted octanol–water partition coefficient (Wildman–Crippen LogP) is 4.46. The Morgan fingerprint density at radius 2 is 2.00 bits per heavy atom. The van der Waals surface area contributed by atoms with Gasteiger partial charge < -0.3 is 5.32 Å². The lowest BCUT2D eigenvalue weighted by Gasteiger charge is -2.20. The third-order valence-corrected chi connectivity index (χ3v) is 4.03. The second-order valence-electron chi connectivity index (χ2n) is 3.78. The minimum Gasteiger partial charge on any atom is -0.353 e. The number of nitrogens with one attached hydrogen (secondary N) is 1. The maximum absolute atomic E-state index is 11.0. The first-order valence-electron chi connectivity index (χ1n) is 5.17. The molecule has 0 aliphatic carbocycles. The van der Waals surface area contributed by atoms with E-state index in [0.717, 1.165) is 10.6 Å². The fourth-order valence-electron chi connectivity index (χ4n) is 1.83. The van der Waals surface area contributed by atoms with Crippen molar-refractivity contribution in [1.29, 1.82) is 0 Å². The maximum atomic E-state index is 11.0.